The first-order chi connectivity index (χ1) is 25.7. The molecule has 4 N–H and O–H groups in total. The predicted octanol–water partition coefficient (Wildman–Crippen LogP) is 10.0. The summed E-state index contributed by atoms with van der Waals surface area (Å²) in [6.45, 7) is 11.1. The number of nitriles is 2. The van der Waals surface area contributed by atoms with E-state index in [0.717, 1.165) is 11.1 Å². The van der Waals surface area contributed by atoms with Crippen molar-refractivity contribution in [3.63, 3.8) is 0 Å². The number of ether oxygens (including phenoxy) is 6. The number of halogens is 5. The minimum absolute atomic E-state index is 0.0173. The van der Waals surface area contributed by atoms with Gasteiger partial charge in [0.15, 0.2) is 24.8 Å². The first-order valence-electron chi connectivity index (χ1n) is 15.9. The molecular weight excluding hydrogens is 781 g/mol. The number of allylic oxidation sites excluding steroid dienone is 1. The molecule has 0 radical (unpaired) electrons. The van der Waals surface area contributed by atoms with Crippen molar-refractivity contribution >= 4 is 52.1 Å². The van der Waals surface area contributed by atoms with Crippen LogP contribution in [0.15, 0.2) is 49.2 Å². The Bertz CT molecular complexity index is 2060. The summed E-state index contributed by atoms with van der Waals surface area (Å²) < 4.78 is 59.7. The summed E-state index contributed by atoms with van der Waals surface area (Å²) in [4.78, 5) is 7.58. The summed E-state index contributed by atoms with van der Waals surface area (Å²) >= 11 is 18.0. The third-order valence-corrected chi connectivity index (χ3v) is 7.99. The maximum atomic E-state index is 14.4. The number of nitrogens with two attached hydrogens (primary N) is 2. The van der Waals surface area contributed by atoms with Crippen molar-refractivity contribution in [2.24, 2.45) is 0 Å². The normalized spacial score (nSPS) is 10.6. The highest BCUT2D eigenvalue weighted by molar-refractivity contribution is 6.33. The Balaban J connectivity index is 0.000000290. The summed E-state index contributed by atoms with van der Waals surface area (Å²) in [5.41, 5.74) is 10.0. The lowest BCUT2D eigenvalue weighted by Gasteiger charge is -2.21. The van der Waals surface area contributed by atoms with Gasteiger partial charge < -0.3 is 39.9 Å². The van der Waals surface area contributed by atoms with E-state index in [1.54, 1.807) is 19.2 Å². The zero-order valence-electron chi connectivity index (χ0n) is 31.4. The zero-order valence-corrected chi connectivity index (χ0v) is 33.7. The largest absolute Gasteiger partial charge is 0.495 e. The fourth-order valence-electron chi connectivity index (χ4n) is 4.48. The topological polar surface area (TPSA) is 181 Å². The molecule has 1 heterocycles. The van der Waals surface area contributed by atoms with Gasteiger partial charge in [-0.25, -0.2) is 13.8 Å². The monoisotopic (exact) mass is 820 g/mol. The standard InChI is InChI=1S/C14H16ClFN4O2.C12H13ClFNO2.C12H12ClNO2/c1-14(2,16)7-4-10(21-3)8(15)5-9(7)22-11-6-19-13(18)20-12(11)17;1-12(2,14)8-6-11(16-3)9(13)7-10(8)17-5-4-15;1-8(2)9-6-12(15-3)10(13)7-11(9)16-5-4-14/h4-6H,1-3H3,(H4,17,18,19,20);6-7H,5H2,1-3H3;6-7H,1,5H2,2-3H3. The number of benzene rings is 3. The summed E-state index contributed by atoms with van der Waals surface area (Å²) in [5, 5.41) is 18.0. The second-order valence-corrected chi connectivity index (χ2v) is 13.4. The highest BCUT2D eigenvalue weighted by atomic mass is 35.5. The average Bonchev–Trinajstić information content (AvgIpc) is 3.10. The number of rotatable bonds is 12. The Kier molecular flexibility index (Phi) is 16.9. The number of alkyl halides is 2. The molecule has 55 heavy (non-hydrogen) atoms. The third-order valence-electron chi connectivity index (χ3n) is 7.11. The van der Waals surface area contributed by atoms with Crippen molar-refractivity contribution in [2.75, 3.05) is 46.0 Å². The highest BCUT2D eigenvalue weighted by Crippen LogP contribution is 2.43. The number of methoxy groups -OCH3 is 3. The maximum Gasteiger partial charge on any atom is 0.222 e. The molecular formula is C38H41Cl3F2N6O6. The van der Waals surface area contributed by atoms with Crippen LogP contribution < -0.4 is 39.9 Å². The number of anilines is 2. The van der Waals surface area contributed by atoms with Crippen LogP contribution in [0.4, 0.5) is 20.5 Å². The molecule has 1 aromatic heterocycles. The van der Waals surface area contributed by atoms with Crippen LogP contribution in [0.1, 0.15) is 51.3 Å². The van der Waals surface area contributed by atoms with Gasteiger partial charge in [0.1, 0.15) is 58.0 Å². The lowest BCUT2D eigenvalue weighted by Crippen LogP contribution is -2.12. The summed E-state index contributed by atoms with van der Waals surface area (Å²) in [6.07, 6.45) is 1.31. The van der Waals surface area contributed by atoms with E-state index in [1.807, 2.05) is 19.1 Å². The molecule has 0 aliphatic heterocycles. The molecule has 12 nitrogen and oxygen atoms in total. The molecule has 0 aliphatic carbocycles. The number of nitrogens with zero attached hydrogens (tertiary/aromatic N) is 4. The van der Waals surface area contributed by atoms with Crippen LogP contribution >= 0.6 is 34.8 Å². The van der Waals surface area contributed by atoms with E-state index in [0.29, 0.717) is 38.6 Å². The summed E-state index contributed by atoms with van der Waals surface area (Å²) in [7, 11) is 4.44. The fraction of sp³-hybridized carbons (Fsp3) is 0.316. The molecule has 4 rings (SSSR count). The van der Waals surface area contributed by atoms with Crippen LogP contribution in [0.2, 0.25) is 15.1 Å². The van der Waals surface area contributed by atoms with E-state index in [4.69, 9.17) is 85.2 Å². The molecule has 0 unspecified atom stereocenters. The maximum absolute atomic E-state index is 14.4. The van der Waals surface area contributed by atoms with Crippen molar-refractivity contribution in [3.05, 3.63) is 80.9 Å². The quantitative estimate of drug-likeness (QED) is 0.138. The average molecular weight is 822 g/mol. The van der Waals surface area contributed by atoms with Gasteiger partial charge in [-0.3, -0.25) is 0 Å². The Morgan fingerprint density at radius 1 is 0.709 bits per heavy atom. The fourth-order valence-corrected chi connectivity index (χ4v) is 5.17. The van der Waals surface area contributed by atoms with Gasteiger partial charge in [0.2, 0.25) is 5.95 Å². The van der Waals surface area contributed by atoms with E-state index in [1.165, 1.54) is 72.4 Å². The Morgan fingerprint density at radius 2 is 1.13 bits per heavy atom. The van der Waals surface area contributed by atoms with Crippen LogP contribution in [0.3, 0.4) is 0 Å². The van der Waals surface area contributed by atoms with E-state index >= 15 is 0 Å². The van der Waals surface area contributed by atoms with Crippen molar-refractivity contribution < 1.29 is 37.2 Å². The number of aromatic nitrogens is 2. The third kappa shape index (κ3) is 13.1. The highest BCUT2D eigenvalue weighted by Gasteiger charge is 2.27. The van der Waals surface area contributed by atoms with E-state index < -0.39 is 11.3 Å². The minimum Gasteiger partial charge on any atom is -0.495 e. The Labute approximate surface area is 334 Å². The Hall–Kier alpha value is -5.41. The molecule has 0 aliphatic rings. The predicted molar refractivity (Wildman–Crippen MR) is 210 cm³/mol. The molecule has 0 saturated carbocycles. The second-order valence-electron chi connectivity index (χ2n) is 12.1. The number of nitrogen functional groups attached to an aromatic ring is 2. The van der Waals surface area contributed by atoms with Crippen LogP contribution in [0.25, 0.3) is 5.57 Å². The van der Waals surface area contributed by atoms with Gasteiger partial charge in [-0.15, -0.1) is 0 Å². The van der Waals surface area contributed by atoms with Crippen molar-refractivity contribution in [1.82, 2.24) is 9.97 Å². The first kappa shape index (κ1) is 45.7. The van der Waals surface area contributed by atoms with Gasteiger partial charge >= 0.3 is 0 Å². The van der Waals surface area contributed by atoms with Gasteiger partial charge in [0, 0.05) is 34.9 Å². The number of hydrogen-bond donors (Lipinski definition) is 2. The van der Waals surface area contributed by atoms with Crippen LogP contribution in [-0.4, -0.2) is 44.5 Å². The van der Waals surface area contributed by atoms with Gasteiger partial charge in [-0.05, 0) is 58.4 Å². The van der Waals surface area contributed by atoms with Crippen LogP contribution in [0.5, 0.6) is 40.2 Å². The molecule has 0 spiro atoms. The lowest BCUT2D eigenvalue weighted by molar-refractivity contribution is 0.210. The van der Waals surface area contributed by atoms with Gasteiger partial charge in [-0.2, -0.15) is 15.5 Å². The molecule has 0 atom stereocenters. The van der Waals surface area contributed by atoms with Gasteiger partial charge in [0.25, 0.3) is 0 Å². The summed E-state index contributed by atoms with van der Waals surface area (Å²) in [6, 6.07) is 13.0. The zero-order chi connectivity index (χ0) is 41.7. The smallest absolute Gasteiger partial charge is 0.222 e. The first-order valence-corrected chi connectivity index (χ1v) is 17.1. The summed E-state index contributed by atoms with van der Waals surface area (Å²) in [5.74, 6) is 2.48. The molecule has 0 bridgehead atoms. The van der Waals surface area contributed by atoms with Crippen LogP contribution in [0, 0.1) is 22.7 Å². The minimum atomic E-state index is -1.68. The molecule has 17 heteroatoms. The van der Waals surface area contributed by atoms with E-state index in [-0.39, 0.29) is 52.8 Å². The lowest BCUT2D eigenvalue weighted by atomic mass is 9.98. The SMILES string of the molecule is C=C(C)c1cc(OC)c(Cl)cc1OCC#N.COc1cc(C(C)(C)F)c(OCC#N)cc1Cl.COc1cc(C(C)(C)F)c(Oc2cnc(N)nc2N)cc1Cl. The molecule has 0 saturated heterocycles. The molecule has 0 amide bonds. The van der Waals surface area contributed by atoms with Gasteiger partial charge in [0.05, 0.1) is 42.6 Å². The molecule has 0 fully saturated rings. The van der Waals surface area contributed by atoms with Gasteiger partial charge in [-0.1, -0.05) is 41.4 Å². The molecule has 294 valence electrons. The Morgan fingerprint density at radius 3 is 1.55 bits per heavy atom. The van der Waals surface area contributed by atoms with Crippen molar-refractivity contribution in [3.8, 4) is 52.4 Å². The van der Waals surface area contributed by atoms with Crippen molar-refractivity contribution in [2.45, 2.75) is 46.0 Å². The second kappa shape index (κ2) is 20.3. The van der Waals surface area contributed by atoms with E-state index in [2.05, 4.69) is 16.5 Å². The number of hydrogen-bond acceptors (Lipinski definition) is 12. The molecule has 4 aromatic rings. The van der Waals surface area contributed by atoms with Crippen molar-refractivity contribution in [1.29, 1.82) is 10.5 Å². The van der Waals surface area contributed by atoms with Crippen LogP contribution in [-0.2, 0) is 11.3 Å². The van der Waals surface area contributed by atoms with E-state index in [9.17, 15) is 8.78 Å². The molecule has 3 aromatic carbocycles.